The van der Waals surface area contributed by atoms with E-state index >= 15 is 0 Å². The third-order valence-electron chi connectivity index (χ3n) is 3.39. The first kappa shape index (κ1) is 18.4. The summed E-state index contributed by atoms with van der Waals surface area (Å²) in [7, 11) is 0. The standard InChI is InChI=1S/C17H10BrF3N2O2S/c18-11-3-1-10(2-4-11)9-14-15(24)23(16(26)22-14)12-5-7-13(8-6-12)25-17(19,20)21/h1-9H,(H,22,26)/b14-9+. The highest BCUT2D eigenvalue weighted by Crippen LogP contribution is 2.28. The summed E-state index contributed by atoms with van der Waals surface area (Å²) >= 11 is 8.50. The van der Waals surface area contributed by atoms with E-state index < -0.39 is 12.3 Å². The van der Waals surface area contributed by atoms with Crippen LogP contribution in [0.5, 0.6) is 5.75 Å². The fraction of sp³-hybridized carbons (Fsp3) is 0.0588. The van der Waals surface area contributed by atoms with Crippen molar-refractivity contribution in [2.45, 2.75) is 6.36 Å². The lowest BCUT2D eigenvalue weighted by atomic mass is 10.2. The van der Waals surface area contributed by atoms with Gasteiger partial charge < -0.3 is 10.1 Å². The summed E-state index contributed by atoms with van der Waals surface area (Å²) in [4.78, 5) is 13.8. The summed E-state index contributed by atoms with van der Waals surface area (Å²) in [5, 5.41) is 2.96. The molecule has 0 unspecified atom stereocenters. The van der Waals surface area contributed by atoms with Crippen LogP contribution in [-0.4, -0.2) is 17.4 Å². The Balaban J connectivity index is 1.82. The number of ether oxygens (including phenoxy) is 1. The third kappa shape index (κ3) is 4.23. The molecule has 26 heavy (non-hydrogen) atoms. The van der Waals surface area contributed by atoms with Gasteiger partial charge in [-0.2, -0.15) is 0 Å². The molecule has 1 heterocycles. The molecule has 134 valence electrons. The predicted molar refractivity (Wildman–Crippen MR) is 98.5 cm³/mol. The van der Waals surface area contributed by atoms with Crippen molar-refractivity contribution in [2.24, 2.45) is 0 Å². The number of anilines is 1. The number of hydrogen-bond donors (Lipinski definition) is 1. The number of hydrogen-bond acceptors (Lipinski definition) is 3. The second kappa shape index (κ2) is 7.08. The normalized spacial score (nSPS) is 16.2. The number of carbonyl (C=O) groups excluding carboxylic acids is 1. The van der Waals surface area contributed by atoms with E-state index in [-0.39, 0.29) is 16.6 Å². The average molecular weight is 443 g/mol. The topological polar surface area (TPSA) is 41.6 Å². The van der Waals surface area contributed by atoms with Crippen LogP contribution in [0.4, 0.5) is 18.9 Å². The van der Waals surface area contributed by atoms with Gasteiger partial charge in [0.25, 0.3) is 5.91 Å². The van der Waals surface area contributed by atoms with Crippen molar-refractivity contribution in [1.29, 1.82) is 0 Å². The van der Waals surface area contributed by atoms with Crippen LogP contribution in [0.25, 0.3) is 6.08 Å². The number of nitrogens with one attached hydrogen (secondary N) is 1. The fourth-order valence-corrected chi connectivity index (χ4v) is 2.85. The van der Waals surface area contributed by atoms with E-state index in [0.717, 1.165) is 22.2 Å². The van der Waals surface area contributed by atoms with Crippen LogP contribution in [0.3, 0.4) is 0 Å². The van der Waals surface area contributed by atoms with E-state index in [2.05, 4.69) is 26.0 Å². The maximum absolute atomic E-state index is 12.6. The number of rotatable bonds is 3. The van der Waals surface area contributed by atoms with Gasteiger partial charge in [-0.25, -0.2) is 0 Å². The van der Waals surface area contributed by atoms with Gasteiger partial charge in [-0.3, -0.25) is 9.69 Å². The van der Waals surface area contributed by atoms with Crippen LogP contribution in [0.1, 0.15) is 5.56 Å². The van der Waals surface area contributed by atoms with Crippen molar-refractivity contribution >= 4 is 50.9 Å². The number of carbonyl (C=O) groups is 1. The zero-order valence-electron chi connectivity index (χ0n) is 12.9. The Hall–Kier alpha value is -2.39. The van der Waals surface area contributed by atoms with Crippen LogP contribution >= 0.6 is 28.1 Å². The van der Waals surface area contributed by atoms with Gasteiger partial charge in [-0.1, -0.05) is 28.1 Å². The Kier molecular flexibility index (Phi) is 5.01. The lowest BCUT2D eigenvalue weighted by Crippen LogP contribution is -2.30. The molecule has 1 N–H and O–H groups in total. The molecule has 1 amide bonds. The highest BCUT2D eigenvalue weighted by Gasteiger charge is 2.33. The first-order chi connectivity index (χ1) is 12.2. The van der Waals surface area contributed by atoms with Crippen LogP contribution in [0.2, 0.25) is 0 Å². The fourth-order valence-electron chi connectivity index (χ4n) is 2.29. The molecular formula is C17H10BrF3N2O2S. The van der Waals surface area contributed by atoms with Crippen molar-refractivity contribution in [3.8, 4) is 5.75 Å². The average Bonchev–Trinajstić information content (AvgIpc) is 2.83. The maximum atomic E-state index is 12.6. The van der Waals surface area contributed by atoms with Crippen molar-refractivity contribution in [3.05, 3.63) is 64.3 Å². The van der Waals surface area contributed by atoms with Crippen LogP contribution in [0, 0.1) is 0 Å². The molecule has 0 atom stereocenters. The molecule has 4 nitrogen and oxygen atoms in total. The number of nitrogens with zero attached hydrogens (tertiary/aromatic N) is 1. The molecule has 0 bridgehead atoms. The highest BCUT2D eigenvalue weighted by atomic mass is 79.9. The molecule has 1 aliphatic rings. The molecule has 2 aromatic carbocycles. The van der Waals surface area contributed by atoms with Gasteiger partial charge in [0.2, 0.25) is 0 Å². The van der Waals surface area contributed by atoms with Crippen molar-refractivity contribution in [3.63, 3.8) is 0 Å². The Morgan fingerprint density at radius 3 is 2.27 bits per heavy atom. The first-order valence-corrected chi connectivity index (χ1v) is 8.41. The van der Waals surface area contributed by atoms with E-state index in [1.54, 1.807) is 6.08 Å². The van der Waals surface area contributed by atoms with E-state index in [4.69, 9.17) is 12.2 Å². The van der Waals surface area contributed by atoms with Gasteiger partial charge >= 0.3 is 6.36 Å². The van der Waals surface area contributed by atoms with Gasteiger partial charge in [0.1, 0.15) is 11.4 Å². The molecule has 3 rings (SSSR count). The van der Waals surface area contributed by atoms with Crippen LogP contribution in [-0.2, 0) is 4.79 Å². The highest BCUT2D eigenvalue weighted by molar-refractivity contribution is 9.10. The van der Waals surface area contributed by atoms with E-state index in [9.17, 15) is 18.0 Å². The van der Waals surface area contributed by atoms with Gasteiger partial charge in [0, 0.05) is 4.47 Å². The lowest BCUT2D eigenvalue weighted by molar-refractivity contribution is -0.274. The molecule has 1 aliphatic heterocycles. The van der Waals surface area contributed by atoms with Crippen LogP contribution < -0.4 is 15.0 Å². The third-order valence-corrected chi connectivity index (χ3v) is 4.20. The first-order valence-electron chi connectivity index (χ1n) is 7.21. The summed E-state index contributed by atoms with van der Waals surface area (Å²) in [6, 6.07) is 12.2. The van der Waals surface area contributed by atoms with E-state index in [1.165, 1.54) is 17.0 Å². The molecule has 0 aromatic heterocycles. The van der Waals surface area contributed by atoms with Crippen molar-refractivity contribution in [1.82, 2.24) is 5.32 Å². The molecule has 0 radical (unpaired) electrons. The quantitative estimate of drug-likeness (QED) is 0.556. The Morgan fingerprint density at radius 2 is 1.69 bits per heavy atom. The largest absolute Gasteiger partial charge is 0.573 e. The summed E-state index contributed by atoms with van der Waals surface area (Å²) < 4.78 is 41.4. The molecule has 2 aromatic rings. The lowest BCUT2D eigenvalue weighted by Gasteiger charge is -2.15. The van der Waals surface area contributed by atoms with Crippen molar-refractivity contribution < 1.29 is 22.7 Å². The molecule has 1 fully saturated rings. The van der Waals surface area contributed by atoms with Crippen molar-refractivity contribution in [2.75, 3.05) is 4.90 Å². The van der Waals surface area contributed by atoms with E-state index in [1.807, 2.05) is 24.3 Å². The Morgan fingerprint density at radius 1 is 1.08 bits per heavy atom. The SMILES string of the molecule is O=C1/C(=C\c2ccc(Br)cc2)NC(=S)N1c1ccc(OC(F)(F)F)cc1. The zero-order valence-corrected chi connectivity index (χ0v) is 15.3. The maximum Gasteiger partial charge on any atom is 0.573 e. The van der Waals surface area contributed by atoms with Gasteiger partial charge in [0.15, 0.2) is 5.11 Å². The molecule has 1 saturated heterocycles. The minimum absolute atomic E-state index is 0.142. The smallest absolute Gasteiger partial charge is 0.406 e. The summed E-state index contributed by atoms with van der Waals surface area (Å²) in [6.45, 7) is 0. The van der Waals surface area contributed by atoms with Gasteiger partial charge in [-0.15, -0.1) is 13.2 Å². The van der Waals surface area contributed by atoms with Crippen LogP contribution in [0.15, 0.2) is 58.7 Å². The van der Waals surface area contributed by atoms with Gasteiger partial charge in [-0.05, 0) is 60.3 Å². The number of alkyl halides is 3. The number of amides is 1. The van der Waals surface area contributed by atoms with Gasteiger partial charge in [0.05, 0.1) is 5.69 Å². The molecule has 0 saturated carbocycles. The minimum Gasteiger partial charge on any atom is -0.406 e. The number of benzene rings is 2. The summed E-state index contributed by atoms with van der Waals surface area (Å²) in [5.74, 6) is -0.778. The molecular weight excluding hydrogens is 433 g/mol. The second-order valence-electron chi connectivity index (χ2n) is 5.22. The van der Waals surface area contributed by atoms with E-state index in [0.29, 0.717) is 5.69 Å². The summed E-state index contributed by atoms with van der Waals surface area (Å²) in [5.41, 5.74) is 1.40. The number of halogens is 4. The Labute approximate surface area is 160 Å². The summed E-state index contributed by atoms with van der Waals surface area (Å²) in [6.07, 6.45) is -3.13. The molecule has 0 aliphatic carbocycles. The number of thiocarbonyl (C=S) groups is 1. The second-order valence-corrected chi connectivity index (χ2v) is 6.52. The zero-order chi connectivity index (χ0) is 18.9. The monoisotopic (exact) mass is 442 g/mol. The minimum atomic E-state index is -4.78. The Bertz CT molecular complexity index is 880. The molecule has 0 spiro atoms. The predicted octanol–water partition coefficient (Wildman–Crippen LogP) is 4.61. The molecule has 9 heteroatoms.